The molecule has 0 saturated carbocycles. The van der Waals surface area contributed by atoms with Crippen LogP contribution in [0.25, 0.3) is 0 Å². The summed E-state index contributed by atoms with van der Waals surface area (Å²) >= 11 is 4.73. The lowest BCUT2D eigenvalue weighted by Gasteiger charge is -2.17. The Hall–Kier alpha value is -1.86. The second kappa shape index (κ2) is 5.87. The van der Waals surface area contributed by atoms with Crippen molar-refractivity contribution in [3.63, 3.8) is 0 Å². The zero-order valence-electron chi connectivity index (χ0n) is 10.7. The van der Waals surface area contributed by atoms with E-state index in [1.807, 2.05) is 12.1 Å². The van der Waals surface area contributed by atoms with Crippen LogP contribution in [0.3, 0.4) is 0 Å². The Balaban J connectivity index is 1.82. The zero-order valence-corrected chi connectivity index (χ0v) is 13.1. The molecule has 0 unspecified atom stereocenters. The fourth-order valence-corrected chi connectivity index (χ4v) is 3.13. The van der Waals surface area contributed by atoms with Crippen LogP contribution in [-0.4, -0.2) is 22.6 Å². The van der Waals surface area contributed by atoms with Crippen LogP contribution in [0.2, 0.25) is 0 Å². The van der Waals surface area contributed by atoms with E-state index in [-0.39, 0.29) is 11.8 Å². The molecule has 0 spiro atoms. The Labute approximate surface area is 133 Å². The van der Waals surface area contributed by atoms with Crippen LogP contribution < -0.4 is 10.6 Å². The van der Waals surface area contributed by atoms with Crippen LogP contribution in [0.1, 0.15) is 10.4 Å². The molecule has 1 aromatic heterocycles. The van der Waals surface area contributed by atoms with Gasteiger partial charge in [0.2, 0.25) is 5.91 Å². The number of benzene rings is 1. The zero-order chi connectivity index (χ0) is 14.8. The molecule has 1 aliphatic rings. The molecule has 1 aliphatic heterocycles. The topological polar surface area (TPSA) is 71.1 Å². The molecule has 0 saturated heterocycles. The Morgan fingerprint density at radius 1 is 1.38 bits per heavy atom. The van der Waals surface area contributed by atoms with Gasteiger partial charge in [0, 0.05) is 16.8 Å². The molecular formula is C14H10BrN3O2S. The van der Waals surface area contributed by atoms with Crippen molar-refractivity contribution in [2.75, 3.05) is 16.4 Å². The van der Waals surface area contributed by atoms with Crippen LogP contribution in [-0.2, 0) is 4.79 Å². The summed E-state index contributed by atoms with van der Waals surface area (Å²) in [6, 6.07) is 8.83. The molecule has 0 atom stereocenters. The molecule has 2 heterocycles. The van der Waals surface area contributed by atoms with Gasteiger partial charge in [0.15, 0.2) is 0 Å². The number of aromatic nitrogens is 1. The first kappa shape index (κ1) is 14.1. The van der Waals surface area contributed by atoms with E-state index < -0.39 is 0 Å². The molecule has 106 valence electrons. The smallest absolute Gasteiger partial charge is 0.258 e. The maximum Gasteiger partial charge on any atom is 0.258 e. The number of anilines is 2. The number of hydrogen-bond donors (Lipinski definition) is 2. The summed E-state index contributed by atoms with van der Waals surface area (Å²) in [5, 5.41) is 5.59. The summed E-state index contributed by atoms with van der Waals surface area (Å²) in [5.41, 5.74) is 1.80. The van der Waals surface area contributed by atoms with Crippen LogP contribution >= 0.6 is 27.7 Å². The van der Waals surface area contributed by atoms with Crippen molar-refractivity contribution >= 4 is 50.9 Å². The molecule has 0 bridgehead atoms. The van der Waals surface area contributed by atoms with Gasteiger partial charge in [-0.05, 0) is 46.3 Å². The minimum absolute atomic E-state index is 0.0361. The van der Waals surface area contributed by atoms with Gasteiger partial charge < -0.3 is 10.6 Å². The average molecular weight is 364 g/mol. The van der Waals surface area contributed by atoms with Crippen molar-refractivity contribution in [1.82, 2.24) is 4.98 Å². The number of carbonyl (C=O) groups is 2. The van der Waals surface area contributed by atoms with E-state index >= 15 is 0 Å². The molecule has 5 nitrogen and oxygen atoms in total. The van der Waals surface area contributed by atoms with Gasteiger partial charge in [-0.15, -0.1) is 11.8 Å². The first-order chi connectivity index (χ1) is 10.1. The Morgan fingerprint density at radius 3 is 3.05 bits per heavy atom. The molecule has 2 amide bonds. The third kappa shape index (κ3) is 3.08. The summed E-state index contributed by atoms with van der Waals surface area (Å²) in [7, 11) is 0. The Bertz CT molecular complexity index is 736. The minimum atomic E-state index is -0.260. The van der Waals surface area contributed by atoms with Crippen molar-refractivity contribution < 1.29 is 9.59 Å². The summed E-state index contributed by atoms with van der Waals surface area (Å²) in [5.74, 6) is 0.122. The first-order valence-electron chi connectivity index (χ1n) is 6.12. The molecule has 7 heteroatoms. The highest BCUT2D eigenvalue weighted by Gasteiger charge is 2.16. The number of fused-ring (bicyclic) bond motifs is 1. The van der Waals surface area contributed by atoms with Gasteiger partial charge in [0.05, 0.1) is 17.0 Å². The van der Waals surface area contributed by atoms with Crippen LogP contribution in [0.4, 0.5) is 11.4 Å². The number of carbonyl (C=O) groups excluding carboxylic acids is 2. The largest absolute Gasteiger partial charge is 0.324 e. The summed E-state index contributed by atoms with van der Waals surface area (Å²) in [6.07, 6.45) is 1.60. The highest BCUT2D eigenvalue weighted by Crippen LogP contribution is 2.33. The van der Waals surface area contributed by atoms with Gasteiger partial charge >= 0.3 is 0 Å². The van der Waals surface area contributed by atoms with E-state index in [4.69, 9.17) is 0 Å². The number of pyridine rings is 1. The van der Waals surface area contributed by atoms with E-state index in [2.05, 4.69) is 31.5 Å². The number of amides is 2. The van der Waals surface area contributed by atoms with Gasteiger partial charge in [0.1, 0.15) is 4.60 Å². The van der Waals surface area contributed by atoms with Crippen molar-refractivity contribution in [3.8, 4) is 0 Å². The number of rotatable bonds is 2. The second-order valence-electron chi connectivity index (χ2n) is 4.34. The van der Waals surface area contributed by atoms with E-state index in [1.54, 1.807) is 24.4 Å². The molecule has 0 aliphatic carbocycles. The van der Waals surface area contributed by atoms with Gasteiger partial charge in [-0.25, -0.2) is 4.98 Å². The Kier molecular flexibility index (Phi) is 3.94. The SMILES string of the molecule is O=C1CSc2ccc(NC(=O)c3cccnc3Br)cc2N1. The van der Waals surface area contributed by atoms with Gasteiger partial charge in [-0.3, -0.25) is 9.59 Å². The van der Waals surface area contributed by atoms with Crippen LogP contribution in [0.5, 0.6) is 0 Å². The average Bonchev–Trinajstić information content (AvgIpc) is 2.47. The highest BCUT2D eigenvalue weighted by atomic mass is 79.9. The van der Waals surface area contributed by atoms with Crippen molar-refractivity contribution in [2.45, 2.75) is 4.90 Å². The standard InChI is InChI=1S/C14H10BrN3O2S/c15-13-9(2-1-5-16-13)14(20)17-8-3-4-11-10(6-8)18-12(19)7-21-11/h1-6H,7H2,(H,17,20)(H,18,19). The first-order valence-corrected chi connectivity index (χ1v) is 7.90. The van der Waals surface area contributed by atoms with Gasteiger partial charge in [-0.1, -0.05) is 0 Å². The lowest BCUT2D eigenvalue weighted by molar-refractivity contribution is -0.113. The fourth-order valence-electron chi connectivity index (χ4n) is 1.91. The predicted octanol–water partition coefficient (Wildman–Crippen LogP) is 3.14. The second-order valence-corrected chi connectivity index (χ2v) is 6.11. The molecule has 21 heavy (non-hydrogen) atoms. The normalized spacial score (nSPS) is 13.3. The quantitative estimate of drug-likeness (QED) is 0.804. The molecule has 3 rings (SSSR count). The molecule has 2 N–H and O–H groups in total. The van der Waals surface area contributed by atoms with Crippen molar-refractivity contribution in [3.05, 3.63) is 46.7 Å². The van der Waals surface area contributed by atoms with Crippen molar-refractivity contribution in [2.24, 2.45) is 0 Å². The molecule has 0 radical (unpaired) electrons. The van der Waals surface area contributed by atoms with Gasteiger partial charge in [0.25, 0.3) is 5.91 Å². The Morgan fingerprint density at radius 2 is 2.24 bits per heavy atom. The maximum absolute atomic E-state index is 12.2. The number of halogens is 1. The predicted molar refractivity (Wildman–Crippen MR) is 85.7 cm³/mol. The molecule has 0 fully saturated rings. The lowest BCUT2D eigenvalue weighted by Crippen LogP contribution is -2.19. The van der Waals surface area contributed by atoms with Gasteiger partial charge in [-0.2, -0.15) is 0 Å². The number of thioether (sulfide) groups is 1. The van der Waals surface area contributed by atoms with Crippen LogP contribution in [0.15, 0.2) is 46.0 Å². The number of nitrogens with zero attached hydrogens (tertiary/aromatic N) is 1. The van der Waals surface area contributed by atoms with Crippen LogP contribution in [0, 0.1) is 0 Å². The highest BCUT2D eigenvalue weighted by molar-refractivity contribution is 9.10. The maximum atomic E-state index is 12.2. The molecule has 2 aromatic rings. The van der Waals surface area contributed by atoms with E-state index in [1.165, 1.54) is 11.8 Å². The van der Waals surface area contributed by atoms with E-state index in [0.717, 1.165) is 10.6 Å². The number of nitrogens with one attached hydrogen (secondary N) is 2. The summed E-state index contributed by atoms with van der Waals surface area (Å²) < 4.78 is 0.490. The van der Waals surface area contributed by atoms with Crippen molar-refractivity contribution in [1.29, 1.82) is 0 Å². The molecular weight excluding hydrogens is 354 g/mol. The number of hydrogen-bond acceptors (Lipinski definition) is 4. The molecule has 1 aromatic carbocycles. The lowest BCUT2D eigenvalue weighted by atomic mass is 10.2. The van der Waals surface area contributed by atoms with E-state index in [9.17, 15) is 9.59 Å². The van der Waals surface area contributed by atoms with E-state index in [0.29, 0.717) is 21.6 Å². The third-order valence-electron chi connectivity index (χ3n) is 2.87. The summed E-state index contributed by atoms with van der Waals surface area (Å²) in [4.78, 5) is 28.6. The summed E-state index contributed by atoms with van der Waals surface area (Å²) in [6.45, 7) is 0. The monoisotopic (exact) mass is 363 g/mol. The minimum Gasteiger partial charge on any atom is -0.324 e. The third-order valence-corrected chi connectivity index (χ3v) is 4.58. The fraction of sp³-hybridized carbons (Fsp3) is 0.0714.